The molecule has 2 aromatic rings. The van der Waals surface area contributed by atoms with Gasteiger partial charge in [0.15, 0.2) is 0 Å². The topological polar surface area (TPSA) is 51.2 Å². The summed E-state index contributed by atoms with van der Waals surface area (Å²) in [5.41, 5.74) is 5.26. The first-order chi connectivity index (χ1) is 12.3. The fraction of sp³-hybridized carbons (Fsp3) is 0.545. The van der Waals surface area contributed by atoms with E-state index < -0.39 is 0 Å². The van der Waals surface area contributed by atoms with Crippen LogP contribution < -0.4 is 5.32 Å². The van der Waals surface area contributed by atoms with Crippen LogP contribution in [0.5, 0.6) is 0 Å². The number of rotatable bonds is 4. The normalized spacial score (nSPS) is 18.0. The second-order valence-electron chi connectivity index (χ2n) is 8.93. The monoisotopic (exact) mass is 352 g/mol. The van der Waals surface area contributed by atoms with E-state index in [0.29, 0.717) is 24.1 Å². The van der Waals surface area contributed by atoms with Crippen LogP contribution in [0, 0.1) is 12.8 Å². The Morgan fingerprint density at radius 1 is 1.23 bits per heavy atom. The van der Waals surface area contributed by atoms with Crippen LogP contribution in [-0.2, 0) is 10.2 Å². The Kier molecular flexibility index (Phi) is 4.26. The van der Waals surface area contributed by atoms with Gasteiger partial charge in [-0.2, -0.15) is 0 Å². The molecule has 0 atom stereocenters. The fourth-order valence-corrected chi connectivity index (χ4v) is 3.58. The van der Waals surface area contributed by atoms with Crippen LogP contribution in [-0.4, -0.2) is 30.6 Å². The third kappa shape index (κ3) is 3.35. The van der Waals surface area contributed by atoms with Crippen molar-refractivity contribution < 1.29 is 9.53 Å². The average Bonchev–Trinajstić information content (AvgIpc) is 3.36. The molecule has 0 spiro atoms. The van der Waals surface area contributed by atoms with E-state index in [4.69, 9.17) is 9.72 Å². The van der Waals surface area contributed by atoms with Crippen molar-refractivity contribution in [2.45, 2.75) is 51.9 Å². The number of pyridine rings is 1. The number of nitrogens with one attached hydrogen (secondary N) is 1. The van der Waals surface area contributed by atoms with Gasteiger partial charge in [0.25, 0.3) is 5.91 Å². The predicted molar refractivity (Wildman–Crippen MR) is 104 cm³/mol. The van der Waals surface area contributed by atoms with Crippen LogP contribution in [0.25, 0.3) is 10.9 Å². The largest absolute Gasteiger partial charge is 0.381 e. The van der Waals surface area contributed by atoms with Crippen molar-refractivity contribution in [3.63, 3.8) is 0 Å². The Morgan fingerprint density at radius 2 is 1.96 bits per heavy atom. The zero-order valence-electron chi connectivity index (χ0n) is 16.2. The highest BCUT2D eigenvalue weighted by Gasteiger charge is 2.28. The number of fused-ring (bicyclic) bond motifs is 1. The molecule has 1 aliphatic carbocycles. The summed E-state index contributed by atoms with van der Waals surface area (Å²) in [4.78, 5) is 17.4. The third-order valence-electron chi connectivity index (χ3n) is 5.49. The van der Waals surface area contributed by atoms with Crippen LogP contribution in [0.15, 0.2) is 18.2 Å². The molecule has 1 aromatic carbocycles. The molecule has 2 aliphatic rings. The number of carbonyl (C=O) groups excluding carboxylic acids is 1. The molecule has 1 saturated carbocycles. The molecule has 1 aliphatic heterocycles. The minimum atomic E-state index is -0.0898. The van der Waals surface area contributed by atoms with Gasteiger partial charge in [0.1, 0.15) is 5.69 Å². The minimum Gasteiger partial charge on any atom is -0.381 e. The van der Waals surface area contributed by atoms with Gasteiger partial charge < -0.3 is 10.1 Å². The molecule has 4 heteroatoms. The van der Waals surface area contributed by atoms with Gasteiger partial charge in [-0.3, -0.25) is 4.79 Å². The Labute approximate surface area is 155 Å². The Hall–Kier alpha value is -1.94. The number of aryl methyl sites for hydroxylation is 1. The lowest BCUT2D eigenvalue weighted by Crippen LogP contribution is -2.39. The first-order valence-electron chi connectivity index (χ1n) is 9.64. The number of amides is 1. The fourth-order valence-electron chi connectivity index (χ4n) is 3.58. The Balaban J connectivity index is 1.74. The molecule has 138 valence electrons. The van der Waals surface area contributed by atoms with E-state index in [1.807, 2.05) is 6.07 Å². The summed E-state index contributed by atoms with van der Waals surface area (Å²) in [7, 11) is 0. The molecule has 4 nitrogen and oxygen atoms in total. The van der Waals surface area contributed by atoms with Gasteiger partial charge in [-0.15, -0.1) is 0 Å². The van der Waals surface area contributed by atoms with E-state index in [-0.39, 0.29) is 11.3 Å². The predicted octanol–water partition coefficient (Wildman–Crippen LogP) is 4.09. The summed E-state index contributed by atoms with van der Waals surface area (Å²) in [5.74, 6) is 1.05. The molecular weight excluding hydrogens is 324 g/mol. The molecule has 26 heavy (non-hydrogen) atoms. The van der Waals surface area contributed by atoms with Crippen molar-refractivity contribution in [2.75, 3.05) is 19.8 Å². The zero-order valence-corrected chi connectivity index (χ0v) is 16.2. The van der Waals surface area contributed by atoms with Gasteiger partial charge in [-0.25, -0.2) is 4.98 Å². The van der Waals surface area contributed by atoms with Crippen molar-refractivity contribution in [1.82, 2.24) is 10.3 Å². The van der Waals surface area contributed by atoms with Gasteiger partial charge >= 0.3 is 0 Å². The van der Waals surface area contributed by atoms with Gasteiger partial charge in [0, 0.05) is 17.8 Å². The summed E-state index contributed by atoms with van der Waals surface area (Å²) >= 11 is 0. The number of benzene rings is 1. The van der Waals surface area contributed by atoms with Crippen molar-refractivity contribution >= 4 is 16.8 Å². The summed E-state index contributed by atoms with van der Waals surface area (Å²) in [5, 5.41) is 4.19. The molecule has 2 fully saturated rings. The third-order valence-corrected chi connectivity index (χ3v) is 5.49. The molecule has 0 radical (unpaired) electrons. The highest BCUT2D eigenvalue weighted by atomic mass is 16.5. The number of ether oxygens (including phenoxy) is 1. The second kappa shape index (κ2) is 6.34. The highest BCUT2D eigenvalue weighted by Crippen LogP contribution is 2.43. The van der Waals surface area contributed by atoms with E-state index in [0.717, 1.165) is 24.3 Å². The van der Waals surface area contributed by atoms with E-state index in [1.54, 1.807) is 0 Å². The first-order valence-corrected chi connectivity index (χ1v) is 9.64. The van der Waals surface area contributed by atoms with Gasteiger partial charge in [0.05, 0.1) is 18.7 Å². The van der Waals surface area contributed by atoms with Crippen LogP contribution in [0.1, 0.15) is 66.7 Å². The smallest absolute Gasteiger partial charge is 0.269 e. The van der Waals surface area contributed by atoms with E-state index in [9.17, 15) is 4.79 Å². The quantitative estimate of drug-likeness (QED) is 0.901. The molecule has 1 saturated heterocycles. The van der Waals surface area contributed by atoms with Crippen LogP contribution in [0.2, 0.25) is 0 Å². The van der Waals surface area contributed by atoms with Gasteiger partial charge in [-0.05, 0) is 59.9 Å². The molecule has 1 aromatic heterocycles. The van der Waals surface area contributed by atoms with E-state index in [2.05, 4.69) is 45.1 Å². The molecule has 1 N–H and O–H groups in total. The lowest BCUT2D eigenvalue weighted by atomic mass is 9.83. The highest BCUT2D eigenvalue weighted by molar-refractivity contribution is 5.97. The maximum absolute atomic E-state index is 12.6. The zero-order chi connectivity index (χ0) is 18.5. The van der Waals surface area contributed by atoms with Crippen molar-refractivity contribution in [2.24, 2.45) is 5.92 Å². The molecule has 4 rings (SSSR count). The van der Waals surface area contributed by atoms with Crippen LogP contribution in [0.3, 0.4) is 0 Å². The van der Waals surface area contributed by atoms with E-state index in [1.165, 1.54) is 29.4 Å². The number of carbonyl (C=O) groups is 1. The van der Waals surface area contributed by atoms with Crippen LogP contribution in [0.4, 0.5) is 0 Å². The first kappa shape index (κ1) is 17.5. The molecular formula is C22H28N2O2. The second-order valence-corrected chi connectivity index (χ2v) is 8.93. The summed E-state index contributed by atoms with van der Waals surface area (Å²) in [6, 6.07) is 6.54. The van der Waals surface area contributed by atoms with Gasteiger partial charge in [0.2, 0.25) is 0 Å². The number of aromatic nitrogens is 1. The maximum Gasteiger partial charge on any atom is 0.269 e. The maximum atomic E-state index is 12.6. The standard InChI is InChI=1S/C22H28N2O2/c1-13-7-19(21(25)23-10-14-11-26-12-14)24-20-17(13)8-16(15-5-6-15)9-18(20)22(2,3)4/h7-9,14-15H,5-6,10-12H2,1-4H3,(H,23,25). The molecule has 0 bridgehead atoms. The van der Waals surface area contributed by atoms with Crippen LogP contribution >= 0.6 is 0 Å². The molecule has 1 amide bonds. The number of hydrogen-bond donors (Lipinski definition) is 1. The summed E-state index contributed by atoms with van der Waals surface area (Å²) in [6.07, 6.45) is 2.57. The lowest BCUT2D eigenvalue weighted by molar-refractivity contribution is -0.0299. The summed E-state index contributed by atoms with van der Waals surface area (Å²) in [6.45, 7) is 10.9. The lowest BCUT2D eigenvalue weighted by Gasteiger charge is -2.26. The van der Waals surface area contributed by atoms with E-state index >= 15 is 0 Å². The average molecular weight is 352 g/mol. The minimum absolute atomic E-state index is 0.0129. The Bertz CT molecular complexity index is 859. The van der Waals surface area contributed by atoms with Crippen molar-refractivity contribution in [3.05, 3.63) is 40.6 Å². The van der Waals surface area contributed by atoms with Gasteiger partial charge in [-0.1, -0.05) is 26.8 Å². The number of nitrogens with zero attached hydrogens (tertiary/aromatic N) is 1. The number of hydrogen-bond acceptors (Lipinski definition) is 3. The SMILES string of the molecule is Cc1cc(C(=O)NCC2COC2)nc2c(C(C)(C)C)cc(C3CC3)cc12. The van der Waals surface area contributed by atoms with Crippen molar-refractivity contribution in [3.8, 4) is 0 Å². The van der Waals surface area contributed by atoms with Crippen molar-refractivity contribution in [1.29, 1.82) is 0 Å². The molecule has 0 unspecified atom stereocenters. The summed E-state index contributed by atoms with van der Waals surface area (Å²) < 4.78 is 5.17. The Morgan fingerprint density at radius 3 is 2.54 bits per heavy atom. The molecule has 2 heterocycles.